The number of benzene rings is 1. The third-order valence-corrected chi connectivity index (χ3v) is 3.63. The van der Waals surface area contributed by atoms with E-state index in [0.717, 1.165) is 10.4 Å². The number of nitrogens with two attached hydrogens (primary N) is 1. The maximum atomic E-state index is 13.9. The molecule has 0 spiro atoms. The van der Waals surface area contributed by atoms with Crippen molar-refractivity contribution in [2.75, 3.05) is 5.73 Å². The molecule has 0 aliphatic heterocycles. The Labute approximate surface area is 113 Å². The lowest BCUT2D eigenvalue weighted by Crippen LogP contribution is -1.86. The van der Waals surface area contributed by atoms with Crippen LogP contribution in [0.2, 0.25) is 0 Å². The quantitative estimate of drug-likeness (QED) is 0.775. The molecule has 2 heterocycles. The van der Waals surface area contributed by atoms with Crippen LogP contribution in [0.15, 0.2) is 48.8 Å². The molecule has 0 atom stereocenters. The molecule has 0 aliphatic carbocycles. The number of pyridine rings is 1. The van der Waals surface area contributed by atoms with Gasteiger partial charge in [-0.3, -0.25) is 4.98 Å². The fourth-order valence-corrected chi connectivity index (χ4v) is 2.75. The first-order valence-corrected chi connectivity index (χ1v) is 6.49. The van der Waals surface area contributed by atoms with Crippen molar-refractivity contribution in [2.24, 2.45) is 0 Å². The molecule has 5 heteroatoms. The van der Waals surface area contributed by atoms with Crippen molar-refractivity contribution in [3.05, 3.63) is 54.6 Å². The minimum absolute atomic E-state index is 0.276. The summed E-state index contributed by atoms with van der Waals surface area (Å²) in [6.07, 6.45) is 3.35. The first-order chi connectivity index (χ1) is 9.25. The van der Waals surface area contributed by atoms with Gasteiger partial charge in [0.2, 0.25) is 0 Å². The van der Waals surface area contributed by atoms with E-state index in [0.29, 0.717) is 16.4 Å². The molecular formula is C14H10FN3S. The number of aromatic nitrogens is 2. The van der Waals surface area contributed by atoms with Crippen LogP contribution in [0.3, 0.4) is 0 Å². The minimum Gasteiger partial charge on any atom is -0.375 e. The number of halogens is 1. The van der Waals surface area contributed by atoms with Gasteiger partial charge in [-0.1, -0.05) is 29.5 Å². The largest absolute Gasteiger partial charge is 0.375 e. The van der Waals surface area contributed by atoms with Gasteiger partial charge in [-0.2, -0.15) is 0 Å². The van der Waals surface area contributed by atoms with Gasteiger partial charge in [0.25, 0.3) is 0 Å². The zero-order valence-corrected chi connectivity index (χ0v) is 10.7. The van der Waals surface area contributed by atoms with Gasteiger partial charge in [0.1, 0.15) is 5.82 Å². The van der Waals surface area contributed by atoms with Crippen LogP contribution in [0.1, 0.15) is 0 Å². The van der Waals surface area contributed by atoms with Crippen molar-refractivity contribution < 1.29 is 4.39 Å². The lowest BCUT2D eigenvalue weighted by atomic mass is 10.1. The second-order valence-electron chi connectivity index (χ2n) is 3.95. The first-order valence-electron chi connectivity index (χ1n) is 5.67. The van der Waals surface area contributed by atoms with Crippen LogP contribution in [-0.4, -0.2) is 9.97 Å². The molecule has 3 aromatic rings. The highest BCUT2D eigenvalue weighted by Gasteiger charge is 2.16. The van der Waals surface area contributed by atoms with E-state index in [4.69, 9.17) is 5.73 Å². The zero-order valence-electron chi connectivity index (χ0n) is 9.88. The van der Waals surface area contributed by atoms with Gasteiger partial charge in [-0.15, -0.1) is 0 Å². The minimum atomic E-state index is -0.276. The van der Waals surface area contributed by atoms with Gasteiger partial charge in [0.05, 0.1) is 10.6 Å². The van der Waals surface area contributed by atoms with Crippen LogP contribution in [0.5, 0.6) is 0 Å². The van der Waals surface area contributed by atoms with E-state index in [1.807, 2.05) is 12.1 Å². The van der Waals surface area contributed by atoms with Crippen molar-refractivity contribution >= 4 is 16.5 Å². The average Bonchev–Trinajstić information content (AvgIpc) is 2.82. The van der Waals surface area contributed by atoms with E-state index in [1.165, 1.54) is 17.4 Å². The van der Waals surface area contributed by atoms with Crippen LogP contribution >= 0.6 is 11.3 Å². The van der Waals surface area contributed by atoms with Gasteiger partial charge < -0.3 is 5.73 Å². The molecule has 19 heavy (non-hydrogen) atoms. The molecule has 3 nitrogen and oxygen atoms in total. The molecule has 0 saturated carbocycles. The molecule has 0 bridgehead atoms. The molecule has 3 rings (SSSR count). The number of rotatable bonds is 2. The maximum Gasteiger partial charge on any atom is 0.181 e. The second-order valence-corrected chi connectivity index (χ2v) is 4.98. The third kappa shape index (κ3) is 2.20. The number of thiazole rings is 1. The summed E-state index contributed by atoms with van der Waals surface area (Å²) in [7, 11) is 0. The van der Waals surface area contributed by atoms with E-state index in [2.05, 4.69) is 9.97 Å². The highest BCUT2D eigenvalue weighted by molar-refractivity contribution is 7.19. The Kier molecular flexibility index (Phi) is 2.97. The summed E-state index contributed by atoms with van der Waals surface area (Å²) < 4.78 is 13.9. The fourth-order valence-electron chi connectivity index (χ4n) is 1.87. The monoisotopic (exact) mass is 271 g/mol. The Bertz CT molecular complexity index is 710. The number of hydrogen-bond donors (Lipinski definition) is 1. The van der Waals surface area contributed by atoms with Gasteiger partial charge in [-0.05, 0) is 18.2 Å². The van der Waals surface area contributed by atoms with E-state index < -0.39 is 0 Å². The molecule has 1 aromatic carbocycles. The molecule has 0 aliphatic rings. The Morgan fingerprint density at radius 1 is 1.05 bits per heavy atom. The maximum absolute atomic E-state index is 13.9. The predicted octanol–water partition coefficient (Wildman–Crippen LogP) is 3.59. The van der Waals surface area contributed by atoms with E-state index in [1.54, 1.807) is 30.6 Å². The molecule has 94 valence electrons. The summed E-state index contributed by atoms with van der Waals surface area (Å²) in [6, 6.07) is 10.3. The summed E-state index contributed by atoms with van der Waals surface area (Å²) in [6.45, 7) is 0. The lowest BCUT2D eigenvalue weighted by molar-refractivity contribution is 0.631. The van der Waals surface area contributed by atoms with Gasteiger partial charge in [0.15, 0.2) is 5.13 Å². The molecule has 0 amide bonds. The smallest absolute Gasteiger partial charge is 0.181 e. The van der Waals surface area contributed by atoms with Gasteiger partial charge >= 0.3 is 0 Å². The third-order valence-electron chi connectivity index (χ3n) is 2.72. The number of nitrogen functional groups attached to an aromatic ring is 1. The molecule has 2 aromatic heterocycles. The SMILES string of the molecule is Nc1nc(-c2ccncc2)c(-c2ccccc2F)s1. The zero-order chi connectivity index (χ0) is 13.2. The summed E-state index contributed by atoms with van der Waals surface area (Å²) in [5, 5.41) is 0.421. The molecular weight excluding hydrogens is 261 g/mol. The highest BCUT2D eigenvalue weighted by Crippen LogP contribution is 2.38. The number of anilines is 1. The van der Waals surface area contributed by atoms with E-state index in [-0.39, 0.29) is 5.82 Å². The Morgan fingerprint density at radius 2 is 1.79 bits per heavy atom. The van der Waals surface area contributed by atoms with E-state index >= 15 is 0 Å². The van der Waals surface area contributed by atoms with Crippen molar-refractivity contribution in [1.29, 1.82) is 0 Å². The van der Waals surface area contributed by atoms with Crippen LogP contribution in [0.4, 0.5) is 9.52 Å². The fraction of sp³-hybridized carbons (Fsp3) is 0. The Balaban J connectivity index is 2.21. The Hall–Kier alpha value is -2.27. The van der Waals surface area contributed by atoms with Crippen molar-refractivity contribution in [1.82, 2.24) is 9.97 Å². The Morgan fingerprint density at radius 3 is 2.53 bits per heavy atom. The van der Waals surface area contributed by atoms with Crippen molar-refractivity contribution in [2.45, 2.75) is 0 Å². The summed E-state index contributed by atoms with van der Waals surface area (Å²) in [4.78, 5) is 9.01. The van der Waals surface area contributed by atoms with Gasteiger partial charge in [-0.25, -0.2) is 9.37 Å². The predicted molar refractivity (Wildman–Crippen MR) is 75.2 cm³/mol. The van der Waals surface area contributed by atoms with Crippen molar-refractivity contribution in [3.8, 4) is 21.7 Å². The van der Waals surface area contributed by atoms with Crippen LogP contribution < -0.4 is 5.73 Å². The summed E-state index contributed by atoms with van der Waals surface area (Å²) >= 11 is 1.28. The molecule has 2 N–H and O–H groups in total. The molecule has 0 unspecified atom stereocenters. The first kappa shape index (κ1) is 11.8. The molecule has 0 fully saturated rings. The summed E-state index contributed by atoms with van der Waals surface area (Å²) in [5.74, 6) is -0.276. The molecule has 0 radical (unpaired) electrons. The summed E-state index contributed by atoms with van der Waals surface area (Å²) in [5.41, 5.74) is 7.86. The van der Waals surface area contributed by atoms with Crippen LogP contribution in [-0.2, 0) is 0 Å². The van der Waals surface area contributed by atoms with Crippen LogP contribution in [0, 0.1) is 5.82 Å². The number of hydrogen-bond acceptors (Lipinski definition) is 4. The average molecular weight is 271 g/mol. The number of nitrogens with zero attached hydrogens (tertiary/aromatic N) is 2. The van der Waals surface area contributed by atoms with Crippen LogP contribution in [0.25, 0.3) is 21.7 Å². The second kappa shape index (κ2) is 4.78. The van der Waals surface area contributed by atoms with Gasteiger partial charge in [0, 0.05) is 23.5 Å². The highest BCUT2D eigenvalue weighted by atomic mass is 32.1. The van der Waals surface area contributed by atoms with Crippen molar-refractivity contribution in [3.63, 3.8) is 0 Å². The van der Waals surface area contributed by atoms with E-state index in [9.17, 15) is 4.39 Å². The standard InChI is InChI=1S/C14H10FN3S/c15-11-4-2-1-3-10(11)13-12(18-14(16)19-13)9-5-7-17-8-6-9/h1-8H,(H2,16,18). The lowest BCUT2D eigenvalue weighted by Gasteiger charge is -2.03. The normalized spacial score (nSPS) is 10.6. The topological polar surface area (TPSA) is 51.8 Å². The molecule has 0 saturated heterocycles.